The lowest BCUT2D eigenvalue weighted by Gasteiger charge is -2.26. The molecule has 150 valence electrons. The monoisotopic (exact) mass is 392 g/mol. The molecule has 0 radical (unpaired) electrons. The third-order valence-electron chi connectivity index (χ3n) is 3.34. The summed E-state index contributed by atoms with van der Waals surface area (Å²) in [5.74, 6) is -0.590. The number of anilines is 1. The normalized spacial score (nSPS) is 11.8. The van der Waals surface area contributed by atoms with E-state index in [-0.39, 0.29) is 18.7 Å². The van der Waals surface area contributed by atoms with Gasteiger partial charge in [0.2, 0.25) is 5.91 Å². The minimum absolute atomic E-state index is 0.0788. The van der Waals surface area contributed by atoms with E-state index in [1.165, 1.54) is 6.92 Å². The predicted molar refractivity (Wildman–Crippen MR) is 90.5 cm³/mol. The van der Waals surface area contributed by atoms with Crippen molar-refractivity contribution in [3.63, 3.8) is 0 Å². The molecule has 1 N–H and O–H groups in total. The summed E-state index contributed by atoms with van der Waals surface area (Å²) in [5, 5.41) is 25.2. The number of nitrogens with one attached hydrogen (secondary N) is 1. The molecule has 0 atom stereocenters. The smallest absolute Gasteiger partial charge is 0.351 e. The second kappa shape index (κ2) is 7.76. The summed E-state index contributed by atoms with van der Waals surface area (Å²) >= 11 is 0. The summed E-state index contributed by atoms with van der Waals surface area (Å²) in [6.07, 6.45) is -5.01. The minimum Gasteiger partial charge on any atom is -0.351 e. The molecule has 12 heteroatoms. The summed E-state index contributed by atoms with van der Waals surface area (Å²) in [4.78, 5) is 33.4. The Hall–Kier alpha value is -2.92. The molecule has 27 heavy (non-hydrogen) atoms. The van der Waals surface area contributed by atoms with Crippen LogP contribution in [0.4, 0.5) is 30.2 Å². The summed E-state index contributed by atoms with van der Waals surface area (Å²) in [5.41, 5.74) is -4.98. The van der Waals surface area contributed by atoms with E-state index in [0.717, 1.165) is 4.90 Å². The first-order chi connectivity index (χ1) is 12.2. The second-order valence-electron chi connectivity index (χ2n) is 6.69. The fourth-order valence-corrected chi connectivity index (χ4v) is 2.35. The van der Waals surface area contributed by atoms with Crippen molar-refractivity contribution >= 4 is 23.0 Å². The number of nitrogens with zero attached hydrogens (tertiary/aromatic N) is 3. The van der Waals surface area contributed by atoms with Crippen molar-refractivity contribution in [2.45, 2.75) is 39.4 Å². The topological polar surface area (TPSA) is 119 Å². The van der Waals surface area contributed by atoms with Gasteiger partial charge in [-0.2, -0.15) is 13.2 Å². The summed E-state index contributed by atoms with van der Waals surface area (Å²) in [6.45, 7) is 5.94. The molecule has 1 amide bonds. The number of hydrogen-bond acceptors (Lipinski definition) is 6. The van der Waals surface area contributed by atoms with Gasteiger partial charge in [-0.15, -0.1) is 0 Å². The summed E-state index contributed by atoms with van der Waals surface area (Å²) in [6, 6.07) is 0.458. The van der Waals surface area contributed by atoms with Gasteiger partial charge >= 0.3 is 6.18 Å². The number of likely N-dealkylation sites (N-methyl/N-ethyl adjacent to an activating group) is 1. The van der Waals surface area contributed by atoms with Crippen LogP contribution in [0, 0.1) is 20.2 Å². The molecular weight excluding hydrogens is 373 g/mol. The zero-order valence-corrected chi connectivity index (χ0v) is 15.1. The van der Waals surface area contributed by atoms with E-state index in [0.29, 0.717) is 0 Å². The van der Waals surface area contributed by atoms with Gasteiger partial charge in [0.1, 0.15) is 0 Å². The third kappa shape index (κ3) is 5.79. The van der Waals surface area contributed by atoms with E-state index in [2.05, 4.69) is 5.32 Å². The molecule has 1 aromatic carbocycles. The molecule has 1 rings (SSSR count). The molecule has 0 bridgehead atoms. The predicted octanol–water partition coefficient (Wildman–Crippen LogP) is 3.26. The number of carbonyl (C=O) groups is 1. The van der Waals surface area contributed by atoms with Gasteiger partial charge in [-0.1, -0.05) is 0 Å². The molecular formula is C15H19F3N4O5. The maximum Gasteiger partial charge on any atom is 0.416 e. The zero-order valence-electron chi connectivity index (χ0n) is 15.1. The van der Waals surface area contributed by atoms with E-state index in [1.54, 1.807) is 20.8 Å². The SMILES string of the molecule is CCN(CC(=O)NC(C)(C)C)c1c([N+](=O)[O-])cc(C(F)(F)F)cc1[N+](=O)[O-]. The van der Waals surface area contributed by atoms with Crippen molar-refractivity contribution in [3.05, 3.63) is 37.9 Å². The van der Waals surface area contributed by atoms with Gasteiger partial charge in [-0.25, -0.2) is 0 Å². The Bertz CT molecular complexity index is 724. The van der Waals surface area contributed by atoms with E-state index < -0.39 is 56.6 Å². The van der Waals surface area contributed by atoms with Crippen molar-refractivity contribution in [3.8, 4) is 0 Å². The average Bonchev–Trinajstić information content (AvgIpc) is 2.48. The lowest BCUT2D eigenvalue weighted by atomic mass is 10.1. The molecule has 0 aliphatic rings. The number of hydrogen-bond donors (Lipinski definition) is 1. The van der Waals surface area contributed by atoms with Crippen LogP contribution < -0.4 is 10.2 Å². The van der Waals surface area contributed by atoms with Crippen molar-refractivity contribution in [1.82, 2.24) is 5.32 Å². The molecule has 0 saturated heterocycles. The molecule has 0 fully saturated rings. The number of rotatable bonds is 6. The summed E-state index contributed by atoms with van der Waals surface area (Å²) < 4.78 is 38.9. The van der Waals surface area contributed by atoms with E-state index >= 15 is 0 Å². The molecule has 1 aromatic rings. The van der Waals surface area contributed by atoms with E-state index in [4.69, 9.17) is 0 Å². The van der Waals surface area contributed by atoms with Crippen LogP contribution in [0.5, 0.6) is 0 Å². The van der Waals surface area contributed by atoms with Gasteiger partial charge in [0, 0.05) is 24.2 Å². The van der Waals surface area contributed by atoms with Crippen LogP contribution in [0.2, 0.25) is 0 Å². The molecule has 0 heterocycles. The first-order valence-electron chi connectivity index (χ1n) is 7.77. The van der Waals surface area contributed by atoms with Crippen LogP contribution >= 0.6 is 0 Å². The van der Waals surface area contributed by atoms with Crippen LogP contribution in [-0.2, 0) is 11.0 Å². The number of benzene rings is 1. The van der Waals surface area contributed by atoms with Crippen LogP contribution in [-0.4, -0.2) is 34.4 Å². The molecule has 0 unspecified atom stereocenters. The number of nitro benzene ring substituents is 2. The molecule has 0 saturated carbocycles. The Kier molecular flexibility index (Phi) is 6.36. The quantitative estimate of drug-likeness (QED) is 0.586. The van der Waals surface area contributed by atoms with Gasteiger partial charge in [0.15, 0.2) is 5.69 Å². The van der Waals surface area contributed by atoms with E-state index in [9.17, 15) is 38.2 Å². The number of halogens is 3. The van der Waals surface area contributed by atoms with E-state index in [1.807, 2.05) is 0 Å². The lowest BCUT2D eigenvalue weighted by Crippen LogP contribution is -2.46. The molecule has 9 nitrogen and oxygen atoms in total. The van der Waals surface area contributed by atoms with Gasteiger partial charge in [0.05, 0.1) is 22.0 Å². The first-order valence-corrected chi connectivity index (χ1v) is 7.77. The van der Waals surface area contributed by atoms with Crippen molar-refractivity contribution < 1.29 is 27.8 Å². The largest absolute Gasteiger partial charge is 0.416 e. The summed E-state index contributed by atoms with van der Waals surface area (Å²) in [7, 11) is 0. The van der Waals surface area contributed by atoms with Crippen molar-refractivity contribution in [2.75, 3.05) is 18.0 Å². The van der Waals surface area contributed by atoms with Crippen LogP contribution in [0.15, 0.2) is 12.1 Å². The van der Waals surface area contributed by atoms with Crippen molar-refractivity contribution in [1.29, 1.82) is 0 Å². The van der Waals surface area contributed by atoms with Crippen molar-refractivity contribution in [2.24, 2.45) is 0 Å². The van der Waals surface area contributed by atoms with Gasteiger partial charge < -0.3 is 10.2 Å². The van der Waals surface area contributed by atoms with Gasteiger partial charge in [-0.05, 0) is 27.7 Å². The maximum atomic E-state index is 13.0. The Morgan fingerprint density at radius 2 is 1.56 bits per heavy atom. The molecule has 0 aliphatic carbocycles. The van der Waals surface area contributed by atoms with Crippen LogP contribution in [0.25, 0.3) is 0 Å². The second-order valence-corrected chi connectivity index (χ2v) is 6.69. The standard InChI is InChI=1S/C15H19F3N4O5/c1-5-20(8-12(23)19-14(2,3)4)13-10(21(24)25)6-9(15(16,17)18)7-11(13)22(26)27/h6-7H,5,8H2,1-4H3,(H,19,23). The molecule has 0 aromatic heterocycles. The zero-order chi connectivity index (χ0) is 21.2. The Morgan fingerprint density at radius 3 is 1.85 bits per heavy atom. The van der Waals surface area contributed by atoms with Gasteiger partial charge in [-0.3, -0.25) is 25.0 Å². The number of amides is 1. The van der Waals surface area contributed by atoms with Crippen LogP contribution in [0.3, 0.4) is 0 Å². The Labute approximate surface area is 152 Å². The number of nitro groups is 2. The fourth-order valence-electron chi connectivity index (χ4n) is 2.35. The number of carbonyl (C=O) groups excluding carboxylic acids is 1. The fraction of sp³-hybridized carbons (Fsp3) is 0.533. The molecule has 0 aliphatic heterocycles. The molecule has 0 spiro atoms. The Balaban J connectivity index is 3.56. The average molecular weight is 392 g/mol. The first kappa shape index (κ1) is 22.1. The third-order valence-corrected chi connectivity index (χ3v) is 3.34. The maximum absolute atomic E-state index is 13.0. The highest BCUT2D eigenvalue weighted by molar-refractivity contribution is 5.85. The van der Waals surface area contributed by atoms with Crippen LogP contribution in [0.1, 0.15) is 33.3 Å². The van der Waals surface area contributed by atoms with Gasteiger partial charge in [0.25, 0.3) is 11.4 Å². The number of alkyl halides is 3. The Morgan fingerprint density at radius 1 is 1.11 bits per heavy atom. The minimum atomic E-state index is -5.01. The highest BCUT2D eigenvalue weighted by Gasteiger charge is 2.39. The lowest BCUT2D eigenvalue weighted by molar-refractivity contribution is -0.393. The highest BCUT2D eigenvalue weighted by atomic mass is 19.4. The highest BCUT2D eigenvalue weighted by Crippen LogP contribution is 2.43.